The van der Waals surface area contributed by atoms with Crippen molar-refractivity contribution in [2.24, 2.45) is 0 Å². The molecule has 5 nitrogen and oxygen atoms in total. The van der Waals surface area contributed by atoms with Crippen LogP contribution in [-0.4, -0.2) is 24.5 Å². The van der Waals surface area contributed by atoms with Crippen molar-refractivity contribution in [3.8, 4) is 0 Å². The molecule has 0 saturated carbocycles. The molecule has 2 aromatic rings. The molecule has 1 heterocycles. The van der Waals surface area contributed by atoms with Gasteiger partial charge in [0.15, 0.2) is 0 Å². The number of carbonyl (C=O) groups excluding carboxylic acids is 2. The third kappa shape index (κ3) is 3.79. The topological polar surface area (TPSA) is 61.4 Å². The predicted octanol–water partition coefficient (Wildman–Crippen LogP) is 3.37. The lowest BCUT2D eigenvalue weighted by Crippen LogP contribution is -2.40. The van der Waals surface area contributed by atoms with E-state index in [4.69, 9.17) is 0 Å². The molecule has 1 atom stereocenters. The summed E-state index contributed by atoms with van der Waals surface area (Å²) in [5.74, 6) is -0.530. The number of benzene rings is 2. The fourth-order valence-corrected chi connectivity index (χ4v) is 3.04. The number of amides is 3. The summed E-state index contributed by atoms with van der Waals surface area (Å²) in [6.07, 6.45) is 0.191. The SMILES string of the molecule is Cc1cccc(C)c1NC(=O)NC1CC(=O)N(c2cccc(F)c2)C1. The van der Waals surface area contributed by atoms with Crippen molar-refractivity contribution in [1.82, 2.24) is 5.32 Å². The number of nitrogens with one attached hydrogen (secondary N) is 2. The van der Waals surface area contributed by atoms with Crippen LogP contribution in [0.5, 0.6) is 0 Å². The van der Waals surface area contributed by atoms with Crippen molar-refractivity contribution >= 4 is 23.3 Å². The number of nitrogens with zero attached hydrogens (tertiary/aromatic N) is 1. The Morgan fingerprint density at radius 2 is 1.84 bits per heavy atom. The van der Waals surface area contributed by atoms with E-state index in [1.54, 1.807) is 12.1 Å². The Kier molecular flexibility index (Phi) is 4.70. The van der Waals surface area contributed by atoms with Crippen molar-refractivity contribution in [3.63, 3.8) is 0 Å². The molecule has 3 amide bonds. The lowest BCUT2D eigenvalue weighted by atomic mass is 10.1. The van der Waals surface area contributed by atoms with Gasteiger partial charge in [-0.1, -0.05) is 24.3 Å². The first kappa shape index (κ1) is 17.0. The summed E-state index contributed by atoms with van der Waals surface area (Å²) >= 11 is 0. The molecule has 25 heavy (non-hydrogen) atoms. The highest BCUT2D eigenvalue weighted by Gasteiger charge is 2.31. The zero-order chi connectivity index (χ0) is 18.0. The number of urea groups is 1. The molecule has 1 aliphatic rings. The van der Waals surface area contributed by atoms with Crippen LogP contribution in [0.15, 0.2) is 42.5 Å². The van der Waals surface area contributed by atoms with Crippen LogP contribution in [0, 0.1) is 19.7 Å². The number of rotatable bonds is 3. The molecule has 130 valence electrons. The third-order valence-corrected chi connectivity index (χ3v) is 4.30. The number of hydrogen-bond donors (Lipinski definition) is 2. The van der Waals surface area contributed by atoms with Crippen LogP contribution in [-0.2, 0) is 4.79 Å². The average Bonchev–Trinajstić information content (AvgIpc) is 2.91. The van der Waals surface area contributed by atoms with E-state index >= 15 is 0 Å². The van der Waals surface area contributed by atoms with Crippen LogP contribution >= 0.6 is 0 Å². The maximum atomic E-state index is 13.4. The van der Waals surface area contributed by atoms with Gasteiger partial charge in [-0.05, 0) is 43.2 Å². The molecule has 0 spiro atoms. The molecule has 0 radical (unpaired) electrons. The zero-order valence-corrected chi connectivity index (χ0v) is 14.2. The summed E-state index contributed by atoms with van der Waals surface area (Å²) in [4.78, 5) is 25.9. The van der Waals surface area contributed by atoms with Gasteiger partial charge in [0.2, 0.25) is 5.91 Å². The van der Waals surface area contributed by atoms with Crippen molar-refractivity contribution in [3.05, 3.63) is 59.4 Å². The highest BCUT2D eigenvalue weighted by molar-refractivity contribution is 5.98. The summed E-state index contributed by atoms with van der Waals surface area (Å²) in [6, 6.07) is 11.0. The van der Waals surface area contributed by atoms with Gasteiger partial charge < -0.3 is 15.5 Å². The first-order chi connectivity index (χ1) is 11.9. The first-order valence-corrected chi connectivity index (χ1v) is 8.13. The lowest BCUT2D eigenvalue weighted by molar-refractivity contribution is -0.117. The van der Waals surface area contributed by atoms with Gasteiger partial charge in [-0.3, -0.25) is 4.79 Å². The Bertz CT molecular complexity index is 802. The normalized spacial score (nSPS) is 16.8. The number of para-hydroxylation sites is 1. The molecular weight excluding hydrogens is 321 g/mol. The van der Waals surface area contributed by atoms with Crippen LogP contribution in [0.25, 0.3) is 0 Å². The van der Waals surface area contributed by atoms with Crippen LogP contribution in [0.2, 0.25) is 0 Å². The van der Waals surface area contributed by atoms with Gasteiger partial charge >= 0.3 is 6.03 Å². The lowest BCUT2D eigenvalue weighted by Gasteiger charge is -2.18. The van der Waals surface area contributed by atoms with E-state index in [-0.39, 0.29) is 24.4 Å². The minimum absolute atomic E-state index is 0.136. The fourth-order valence-electron chi connectivity index (χ4n) is 3.04. The van der Waals surface area contributed by atoms with Gasteiger partial charge in [0.05, 0.1) is 6.04 Å². The molecule has 1 saturated heterocycles. The van der Waals surface area contributed by atoms with Crippen molar-refractivity contribution in [1.29, 1.82) is 0 Å². The van der Waals surface area contributed by atoms with E-state index < -0.39 is 5.82 Å². The van der Waals surface area contributed by atoms with Crippen LogP contribution in [0.4, 0.5) is 20.6 Å². The molecule has 2 aromatic carbocycles. The van der Waals surface area contributed by atoms with Gasteiger partial charge in [0, 0.05) is 24.3 Å². The maximum absolute atomic E-state index is 13.4. The largest absolute Gasteiger partial charge is 0.333 e. The molecule has 0 aromatic heterocycles. The molecule has 6 heteroatoms. The molecule has 2 N–H and O–H groups in total. The monoisotopic (exact) mass is 341 g/mol. The Labute approximate surface area is 145 Å². The molecule has 1 unspecified atom stereocenters. The standard InChI is InChI=1S/C19H20FN3O2/c1-12-5-3-6-13(2)18(12)22-19(25)21-15-10-17(24)23(11-15)16-8-4-7-14(20)9-16/h3-9,15H,10-11H2,1-2H3,(H2,21,22,25). The molecule has 3 rings (SSSR count). The number of hydrogen-bond acceptors (Lipinski definition) is 2. The zero-order valence-electron chi connectivity index (χ0n) is 14.2. The van der Waals surface area contributed by atoms with Crippen molar-refractivity contribution in [2.45, 2.75) is 26.3 Å². The minimum Gasteiger partial charge on any atom is -0.333 e. The van der Waals surface area contributed by atoms with Gasteiger partial charge in [0.1, 0.15) is 5.82 Å². The van der Waals surface area contributed by atoms with Gasteiger partial charge in [0.25, 0.3) is 0 Å². The molecule has 0 aliphatic carbocycles. The van der Waals surface area contributed by atoms with E-state index in [0.717, 1.165) is 16.8 Å². The number of aryl methyl sites for hydroxylation is 2. The van der Waals surface area contributed by atoms with Crippen LogP contribution in [0.3, 0.4) is 0 Å². The van der Waals surface area contributed by atoms with Crippen LogP contribution in [0.1, 0.15) is 17.5 Å². The summed E-state index contributed by atoms with van der Waals surface area (Å²) in [5, 5.41) is 5.66. The fraction of sp³-hybridized carbons (Fsp3) is 0.263. The number of carbonyl (C=O) groups is 2. The van der Waals surface area contributed by atoms with Crippen molar-refractivity contribution in [2.75, 3.05) is 16.8 Å². The number of halogens is 1. The highest BCUT2D eigenvalue weighted by atomic mass is 19.1. The van der Waals surface area contributed by atoms with Crippen molar-refractivity contribution < 1.29 is 14.0 Å². The van der Waals surface area contributed by atoms with Crippen LogP contribution < -0.4 is 15.5 Å². The van der Waals surface area contributed by atoms with E-state index in [0.29, 0.717) is 12.2 Å². The summed E-state index contributed by atoms with van der Waals surface area (Å²) < 4.78 is 13.4. The van der Waals surface area contributed by atoms with Gasteiger partial charge in [-0.15, -0.1) is 0 Å². The maximum Gasteiger partial charge on any atom is 0.319 e. The Morgan fingerprint density at radius 1 is 1.16 bits per heavy atom. The van der Waals surface area contributed by atoms with E-state index in [2.05, 4.69) is 10.6 Å². The second kappa shape index (κ2) is 6.93. The Morgan fingerprint density at radius 3 is 2.52 bits per heavy atom. The predicted molar refractivity (Wildman–Crippen MR) is 95.2 cm³/mol. The summed E-state index contributed by atoms with van der Waals surface area (Å²) in [5.41, 5.74) is 3.22. The average molecular weight is 341 g/mol. The number of anilines is 2. The molecule has 1 aliphatic heterocycles. The Hall–Kier alpha value is -2.89. The third-order valence-electron chi connectivity index (χ3n) is 4.30. The van der Waals surface area contributed by atoms with Gasteiger partial charge in [-0.2, -0.15) is 0 Å². The van der Waals surface area contributed by atoms with E-state index in [1.165, 1.54) is 17.0 Å². The first-order valence-electron chi connectivity index (χ1n) is 8.13. The highest BCUT2D eigenvalue weighted by Crippen LogP contribution is 2.23. The minimum atomic E-state index is -0.394. The quantitative estimate of drug-likeness (QED) is 0.899. The summed E-state index contributed by atoms with van der Waals surface area (Å²) in [6.45, 7) is 4.17. The Balaban J connectivity index is 1.64. The van der Waals surface area contributed by atoms with E-state index in [1.807, 2.05) is 32.0 Å². The molecule has 1 fully saturated rings. The second-order valence-electron chi connectivity index (χ2n) is 6.25. The second-order valence-corrected chi connectivity index (χ2v) is 6.25. The molecular formula is C19H20FN3O2. The molecule has 0 bridgehead atoms. The van der Waals surface area contributed by atoms with Gasteiger partial charge in [-0.25, -0.2) is 9.18 Å². The smallest absolute Gasteiger partial charge is 0.319 e. The van der Waals surface area contributed by atoms with E-state index in [9.17, 15) is 14.0 Å². The summed E-state index contributed by atoms with van der Waals surface area (Å²) in [7, 11) is 0.